The van der Waals surface area contributed by atoms with Crippen LogP contribution in [0.25, 0.3) is 10.2 Å². The first kappa shape index (κ1) is 14.6. The molecule has 112 valence electrons. The summed E-state index contributed by atoms with van der Waals surface area (Å²) in [4.78, 5) is 33.4. The van der Waals surface area contributed by atoms with Crippen LogP contribution in [0.3, 0.4) is 0 Å². The second-order valence-corrected chi connectivity index (χ2v) is 6.35. The molecule has 3 aromatic rings. The van der Waals surface area contributed by atoms with Crippen LogP contribution in [-0.4, -0.2) is 20.6 Å². The second-order valence-electron chi connectivity index (χ2n) is 4.73. The van der Waals surface area contributed by atoms with E-state index in [0.29, 0.717) is 10.9 Å². The average Bonchev–Trinajstić information content (AvgIpc) is 2.79. The zero-order chi connectivity index (χ0) is 15.9. The van der Waals surface area contributed by atoms with E-state index in [-0.39, 0.29) is 10.3 Å². The number of rotatable bonds is 2. The molecule has 0 fully saturated rings. The highest BCUT2D eigenvalue weighted by Crippen LogP contribution is 2.25. The summed E-state index contributed by atoms with van der Waals surface area (Å²) in [5, 5.41) is 0.547. The van der Waals surface area contributed by atoms with Gasteiger partial charge in [0.25, 0.3) is 11.5 Å². The number of H-pyrrole nitrogens is 1. The summed E-state index contributed by atoms with van der Waals surface area (Å²) in [5.74, 6) is -0.423. The minimum Gasteiger partial charge on any atom is -0.322 e. The Morgan fingerprint density at radius 2 is 2.05 bits per heavy atom. The molecular formula is C14H12N4O2S2. The van der Waals surface area contributed by atoms with Crippen molar-refractivity contribution < 1.29 is 4.79 Å². The molecule has 0 aromatic carbocycles. The Morgan fingerprint density at radius 1 is 1.36 bits per heavy atom. The Bertz CT molecular complexity index is 986. The average molecular weight is 332 g/mol. The largest absolute Gasteiger partial charge is 0.322 e. The van der Waals surface area contributed by atoms with Gasteiger partial charge in [0.2, 0.25) is 4.77 Å². The lowest BCUT2D eigenvalue weighted by atomic mass is 10.2. The maximum Gasteiger partial charge on any atom is 0.282 e. The van der Waals surface area contributed by atoms with E-state index in [1.807, 2.05) is 13.8 Å². The van der Waals surface area contributed by atoms with E-state index >= 15 is 0 Å². The first-order chi connectivity index (χ1) is 10.5. The fraction of sp³-hybridized carbons (Fsp3) is 0.143. The van der Waals surface area contributed by atoms with Gasteiger partial charge < -0.3 is 4.98 Å². The highest BCUT2D eigenvalue weighted by atomic mass is 32.1. The van der Waals surface area contributed by atoms with Crippen molar-refractivity contribution in [2.45, 2.75) is 13.8 Å². The number of aryl methyl sites for hydroxylation is 2. The number of carbonyl (C=O) groups is 1. The molecule has 0 atom stereocenters. The molecule has 3 rings (SSSR count). The van der Waals surface area contributed by atoms with Crippen molar-refractivity contribution in [3.63, 3.8) is 0 Å². The first-order valence-corrected chi connectivity index (χ1v) is 7.68. The highest BCUT2D eigenvalue weighted by Gasteiger charge is 2.14. The second kappa shape index (κ2) is 5.47. The molecular weight excluding hydrogens is 320 g/mol. The fourth-order valence-corrected chi connectivity index (χ4v) is 3.45. The van der Waals surface area contributed by atoms with Gasteiger partial charge in [0.1, 0.15) is 4.83 Å². The molecule has 0 aliphatic carbocycles. The molecule has 0 spiro atoms. The number of nitrogens with zero attached hydrogens (tertiary/aromatic N) is 2. The maximum atomic E-state index is 12.6. The van der Waals surface area contributed by atoms with Crippen molar-refractivity contribution in [1.29, 1.82) is 0 Å². The topological polar surface area (TPSA) is 79.8 Å². The lowest BCUT2D eigenvalue weighted by molar-refractivity contribution is 0.101. The molecule has 6 nitrogen and oxygen atoms in total. The van der Waals surface area contributed by atoms with Crippen LogP contribution in [0, 0.1) is 18.6 Å². The molecule has 0 radical (unpaired) electrons. The number of aromatic nitrogens is 3. The summed E-state index contributed by atoms with van der Waals surface area (Å²) in [7, 11) is 0. The van der Waals surface area contributed by atoms with Gasteiger partial charge in [-0.05, 0) is 43.8 Å². The number of pyridine rings is 1. The van der Waals surface area contributed by atoms with Gasteiger partial charge in [-0.1, -0.05) is 0 Å². The van der Waals surface area contributed by atoms with Crippen molar-refractivity contribution in [3.05, 3.63) is 55.7 Å². The molecule has 1 amide bonds. The number of fused-ring (bicyclic) bond motifs is 1. The Labute approximate surface area is 134 Å². The van der Waals surface area contributed by atoms with Gasteiger partial charge in [-0.3, -0.25) is 20.0 Å². The molecule has 3 aromatic heterocycles. The van der Waals surface area contributed by atoms with Crippen LogP contribution in [0.1, 0.15) is 20.8 Å². The number of thiophene rings is 1. The smallest absolute Gasteiger partial charge is 0.282 e. The normalized spacial score (nSPS) is 10.8. The van der Waals surface area contributed by atoms with Crippen LogP contribution in [0.4, 0.5) is 0 Å². The van der Waals surface area contributed by atoms with Gasteiger partial charge in [0, 0.05) is 22.8 Å². The summed E-state index contributed by atoms with van der Waals surface area (Å²) < 4.78 is 1.22. The lowest BCUT2D eigenvalue weighted by Crippen LogP contribution is -2.34. The van der Waals surface area contributed by atoms with Crippen molar-refractivity contribution in [1.82, 2.24) is 14.6 Å². The maximum absolute atomic E-state index is 12.6. The van der Waals surface area contributed by atoms with E-state index in [0.717, 1.165) is 19.9 Å². The molecule has 3 heterocycles. The zero-order valence-corrected chi connectivity index (χ0v) is 13.5. The van der Waals surface area contributed by atoms with E-state index in [1.54, 1.807) is 12.1 Å². The third-order valence-electron chi connectivity index (χ3n) is 3.38. The van der Waals surface area contributed by atoms with Crippen molar-refractivity contribution in [3.8, 4) is 0 Å². The fourth-order valence-electron chi connectivity index (χ4n) is 2.10. The predicted molar refractivity (Wildman–Crippen MR) is 88.7 cm³/mol. The van der Waals surface area contributed by atoms with Crippen LogP contribution in [0.15, 0.2) is 29.3 Å². The summed E-state index contributed by atoms with van der Waals surface area (Å²) in [6.45, 7) is 3.82. The Balaban J connectivity index is 2.12. The van der Waals surface area contributed by atoms with E-state index in [4.69, 9.17) is 12.2 Å². The highest BCUT2D eigenvalue weighted by molar-refractivity contribution is 7.71. The van der Waals surface area contributed by atoms with E-state index in [2.05, 4.69) is 15.4 Å². The van der Waals surface area contributed by atoms with Gasteiger partial charge in [0.05, 0.1) is 5.39 Å². The molecule has 8 heteroatoms. The minimum absolute atomic E-state index is 0.154. The van der Waals surface area contributed by atoms with Gasteiger partial charge in [0.15, 0.2) is 0 Å². The zero-order valence-electron chi connectivity index (χ0n) is 11.8. The number of hydrogen-bond acceptors (Lipinski definition) is 5. The number of carbonyl (C=O) groups excluding carboxylic acids is 1. The lowest BCUT2D eigenvalue weighted by Gasteiger charge is -2.08. The van der Waals surface area contributed by atoms with Crippen molar-refractivity contribution in [2.24, 2.45) is 0 Å². The standard InChI is InChI=1S/C14H12N4O2S2/c1-7-8(2)22-12-10(7)13(20)18(14(21)16-12)17-11(19)9-3-5-15-6-4-9/h3-6H,1-2H3,(H,16,21)(H,17,19). The summed E-state index contributed by atoms with van der Waals surface area (Å²) >= 11 is 6.65. The molecule has 0 aliphatic rings. The van der Waals surface area contributed by atoms with E-state index in [9.17, 15) is 9.59 Å². The molecule has 22 heavy (non-hydrogen) atoms. The summed E-state index contributed by atoms with van der Waals surface area (Å²) in [5.41, 5.74) is 3.49. The van der Waals surface area contributed by atoms with Gasteiger partial charge in [-0.2, -0.15) is 4.68 Å². The van der Waals surface area contributed by atoms with Crippen LogP contribution in [-0.2, 0) is 0 Å². The number of amides is 1. The molecule has 0 unspecified atom stereocenters. The van der Waals surface area contributed by atoms with Gasteiger partial charge in [-0.15, -0.1) is 11.3 Å². The van der Waals surface area contributed by atoms with E-state index < -0.39 is 5.91 Å². The molecule has 0 saturated heterocycles. The molecule has 2 N–H and O–H groups in total. The Morgan fingerprint density at radius 3 is 2.73 bits per heavy atom. The van der Waals surface area contributed by atoms with Gasteiger partial charge in [-0.25, -0.2) is 0 Å². The van der Waals surface area contributed by atoms with Crippen LogP contribution < -0.4 is 11.0 Å². The SMILES string of the molecule is Cc1sc2[nH]c(=S)n(NC(=O)c3ccncc3)c(=O)c2c1C. The van der Waals surface area contributed by atoms with Gasteiger partial charge >= 0.3 is 0 Å². The van der Waals surface area contributed by atoms with E-state index in [1.165, 1.54) is 23.7 Å². The summed E-state index contributed by atoms with van der Waals surface area (Å²) in [6, 6.07) is 3.12. The number of aromatic amines is 1. The minimum atomic E-state index is -0.423. The van der Waals surface area contributed by atoms with Crippen molar-refractivity contribution >= 4 is 39.7 Å². The molecule has 0 saturated carbocycles. The van der Waals surface area contributed by atoms with Crippen LogP contribution >= 0.6 is 23.6 Å². The Kier molecular flexibility index (Phi) is 3.63. The third kappa shape index (κ3) is 2.36. The summed E-state index contributed by atoms with van der Waals surface area (Å²) in [6.07, 6.45) is 3.02. The monoisotopic (exact) mass is 332 g/mol. The molecule has 0 bridgehead atoms. The third-order valence-corrected chi connectivity index (χ3v) is 4.79. The number of nitrogens with one attached hydrogen (secondary N) is 2. The predicted octanol–water partition coefficient (Wildman–Crippen LogP) is 2.52. The number of hydrogen-bond donors (Lipinski definition) is 2. The Hall–Kier alpha value is -2.32. The molecule has 0 aliphatic heterocycles. The van der Waals surface area contributed by atoms with Crippen LogP contribution in [0.2, 0.25) is 0 Å². The first-order valence-electron chi connectivity index (χ1n) is 6.45. The quantitative estimate of drug-likeness (QED) is 0.707. The van der Waals surface area contributed by atoms with Crippen molar-refractivity contribution in [2.75, 3.05) is 5.43 Å². The van der Waals surface area contributed by atoms with Crippen LogP contribution in [0.5, 0.6) is 0 Å².